The van der Waals surface area contributed by atoms with Crippen molar-refractivity contribution in [3.8, 4) is 0 Å². The molecule has 0 saturated heterocycles. The van der Waals surface area contributed by atoms with Crippen LogP contribution >= 0.6 is 0 Å². The number of hydrogen-bond acceptors (Lipinski definition) is 5. The van der Waals surface area contributed by atoms with Crippen LogP contribution in [0, 0.1) is 12.8 Å². The van der Waals surface area contributed by atoms with Crippen molar-refractivity contribution in [2.75, 3.05) is 6.54 Å². The minimum absolute atomic E-state index is 0.0182. The van der Waals surface area contributed by atoms with Gasteiger partial charge in [0.25, 0.3) is 0 Å². The van der Waals surface area contributed by atoms with Crippen molar-refractivity contribution in [3.63, 3.8) is 0 Å². The molecule has 8 heteroatoms. The second-order valence-corrected chi connectivity index (χ2v) is 4.00. The molecule has 2 amide bonds. The summed E-state index contributed by atoms with van der Waals surface area (Å²) in [6.45, 7) is 3.86. The lowest BCUT2D eigenvalue weighted by Crippen LogP contribution is -2.38. The number of carboxylic acid groups (broad SMARTS) is 1. The van der Waals surface area contributed by atoms with Gasteiger partial charge in [-0.3, -0.25) is 4.79 Å². The van der Waals surface area contributed by atoms with Crippen LogP contribution in [0.25, 0.3) is 0 Å². The second kappa shape index (κ2) is 6.58. The van der Waals surface area contributed by atoms with Crippen molar-refractivity contribution < 1.29 is 19.2 Å². The summed E-state index contributed by atoms with van der Waals surface area (Å²) in [5.41, 5.74) is 0. The quantitative estimate of drug-likeness (QED) is 0.673. The number of carbonyl (C=O) groups excluding carboxylic acids is 1. The van der Waals surface area contributed by atoms with Gasteiger partial charge in [0, 0.05) is 19.9 Å². The molecule has 1 aromatic heterocycles. The van der Waals surface area contributed by atoms with Gasteiger partial charge in [-0.15, -0.1) is 0 Å². The number of aryl methyl sites for hydroxylation is 1. The summed E-state index contributed by atoms with van der Waals surface area (Å²) in [5.74, 6) is -0.184. The van der Waals surface area contributed by atoms with E-state index in [2.05, 4.69) is 20.8 Å². The first kappa shape index (κ1) is 13.9. The first-order valence-electron chi connectivity index (χ1n) is 5.50. The van der Waals surface area contributed by atoms with Gasteiger partial charge in [0.15, 0.2) is 5.82 Å². The Bertz CT molecular complexity index is 418. The molecule has 100 valence electrons. The Labute approximate surface area is 104 Å². The van der Waals surface area contributed by atoms with Crippen LogP contribution in [-0.4, -0.2) is 33.8 Å². The third-order valence-electron chi connectivity index (χ3n) is 2.11. The highest BCUT2D eigenvalue weighted by Gasteiger charge is 2.09. The lowest BCUT2D eigenvalue weighted by Gasteiger charge is -2.10. The van der Waals surface area contributed by atoms with Gasteiger partial charge in [-0.2, -0.15) is 4.98 Å². The summed E-state index contributed by atoms with van der Waals surface area (Å²) in [4.78, 5) is 25.7. The molecule has 0 aliphatic carbocycles. The molecule has 1 rings (SSSR count). The van der Waals surface area contributed by atoms with Crippen molar-refractivity contribution in [2.45, 2.75) is 26.8 Å². The Kier molecular flexibility index (Phi) is 5.09. The van der Waals surface area contributed by atoms with Crippen LogP contribution in [-0.2, 0) is 11.3 Å². The fourth-order valence-electron chi connectivity index (χ4n) is 1.27. The largest absolute Gasteiger partial charge is 0.481 e. The molecule has 1 heterocycles. The van der Waals surface area contributed by atoms with Crippen molar-refractivity contribution in [1.82, 2.24) is 20.8 Å². The maximum atomic E-state index is 11.4. The first-order chi connectivity index (χ1) is 8.47. The summed E-state index contributed by atoms with van der Waals surface area (Å²) in [7, 11) is 0. The second-order valence-electron chi connectivity index (χ2n) is 4.00. The zero-order valence-corrected chi connectivity index (χ0v) is 10.3. The summed E-state index contributed by atoms with van der Waals surface area (Å²) < 4.78 is 4.74. The van der Waals surface area contributed by atoms with Crippen LogP contribution in [0.4, 0.5) is 4.79 Å². The summed E-state index contributed by atoms with van der Waals surface area (Å²) in [6.07, 6.45) is 0.0182. The molecular weight excluding hydrogens is 240 g/mol. The average Bonchev–Trinajstić information content (AvgIpc) is 2.69. The van der Waals surface area contributed by atoms with Gasteiger partial charge in [0.05, 0.1) is 6.54 Å². The molecule has 0 aliphatic heterocycles. The standard InChI is InChI=1S/C10H16N4O4/c1-6(3-9(15)16)4-11-10(17)12-5-8-13-7(2)18-14-8/h6H,3-5H2,1-2H3,(H,15,16)(H2,11,12,17). The van der Waals surface area contributed by atoms with E-state index in [1.807, 2.05) is 0 Å². The van der Waals surface area contributed by atoms with Crippen molar-refractivity contribution in [2.24, 2.45) is 5.92 Å². The number of carboxylic acids is 1. The molecular formula is C10H16N4O4. The molecule has 0 bridgehead atoms. The topological polar surface area (TPSA) is 117 Å². The van der Waals surface area contributed by atoms with Crippen molar-refractivity contribution in [1.29, 1.82) is 0 Å². The number of aromatic nitrogens is 2. The molecule has 0 saturated carbocycles. The highest BCUT2D eigenvalue weighted by molar-refractivity contribution is 5.73. The highest BCUT2D eigenvalue weighted by atomic mass is 16.5. The number of hydrogen-bond donors (Lipinski definition) is 3. The molecule has 3 N–H and O–H groups in total. The summed E-state index contributed by atoms with van der Waals surface area (Å²) >= 11 is 0. The molecule has 0 aliphatic rings. The van der Waals surface area contributed by atoms with Crippen LogP contribution < -0.4 is 10.6 Å². The van der Waals surface area contributed by atoms with Gasteiger partial charge in [0.1, 0.15) is 0 Å². The van der Waals surface area contributed by atoms with E-state index < -0.39 is 12.0 Å². The Hall–Kier alpha value is -2.12. The molecule has 18 heavy (non-hydrogen) atoms. The summed E-state index contributed by atoms with van der Waals surface area (Å²) in [6, 6.07) is -0.394. The maximum absolute atomic E-state index is 11.4. The van der Waals surface area contributed by atoms with E-state index in [1.165, 1.54) is 0 Å². The molecule has 1 aromatic rings. The molecule has 0 radical (unpaired) electrons. The number of nitrogens with one attached hydrogen (secondary N) is 2. The van der Waals surface area contributed by atoms with E-state index in [0.717, 1.165) is 0 Å². The van der Waals surface area contributed by atoms with Gasteiger partial charge in [-0.05, 0) is 5.92 Å². The van der Waals surface area contributed by atoms with Crippen molar-refractivity contribution in [3.05, 3.63) is 11.7 Å². The fourth-order valence-corrected chi connectivity index (χ4v) is 1.27. The molecule has 1 unspecified atom stereocenters. The van der Waals surface area contributed by atoms with Gasteiger partial charge in [-0.1, -0.05) is 12.1 Å². The lowest BCUT2D eigenvalue weighted by molar-refractivity contribution is -0.137. The van der Waals surface area contributed by atoms with E-state index in [4.69, 9.17) is 9.63 Å². The lowest BCUT2D eigenvalue weighted by atomic mass is 10.1. The van der Waals surface area contributed by atoms with Crippen LogP contribution in [0.2, 0.25) is 0 Å². The molecule has 0 aromatic carbocycles. The van der Waals surface area contributed by atoms with Gasteiger partial charge < -0.3 is 20.3 Å². The molecule has 0 spiro atoms. The average molecular weight is 256 g/mol. The maximum Gasteiger partial charge on any atom is 0.315 e. The van der Waals surface area contributed by atoms with Gasteiger partial charge in [0.2, 0.25) is 5.89 Å². The van der Waals surface area contributed by atoms with E-state index in [0.29, 0.717) is 18.3 Å². The van der Waals surface area contributed by atoms with Gasteiger partial charge in [-0.25, -0.2) is 4.79 Å². The number of rotatable bonds is 6. The van der Waals surface area contributed by atoms with Crippen LogP contribution in [0.1, 0.15) is 25.1 Å². The predicted molar refractivity (Wildman–Crippen MR) is 60.7 cm³/mol. The zero-order chi connectivity index (χ0) is 13.5. The Balaban J connectivity index is 2.19. The van der Waals surface area contributed by atoms with Crippen molar-refractivity contribution >= 4 is 12.0 Å². The van der Waals surface area contributed by atoms with E-state index in [-0.39, 0.29) is 18.9 Å². The van der Waals surface area contributed by atoms with E-state index >= 15 is 0 Å². The first-order valence-corrected chi connectivity index (χ1v) is 5.50. The van der Waals surface area contributed by atoms with Gasteiger partial charge >= 0.3 is 12.0 Å². The molecule has 1 atom stereocenters. The number of urea groups is 1. The number of carbonyl (C=O) groups is 2. The summed E-state index contributed by atoms with van der Waals surface area (Å²) in [5, 5.41) is 17.3. The number of amides is 2. The van der Waals surface area contributed by atoms with Crippen LogP contribution in [0.3, 0.4) is 0 Å². The third kappa shape index (κ3) is 5.28. The Morgan fingerprint density at radius 1 is 1.44 bits per heavy atom. The predicted octanol–water partition coefficient (Wildman–Crippen LogP) is 0.288. The van der Waals surface area contributed by atoms with Crippen LogP contribution in [0.15, 0.2) is 4.52 Å². The molecule has 8 nitrogen and oxygen atoms in total. The number of aliphatic carboxylic acids is 1. The minimum Gasteiger partial charge on any atom is -0.481 e. The Morgan fingerprint density at radius 3 is 2.72 bits per heavy atom. The zero-order valence-electron chi connectivity index (χ0n) is 10.3. The monoisotopic (exact) mass is 256 g/mol. The molecule has 0 fully saturated rings. The van der Waals surface area contributed by atoms with Crippen LogP contribution in [0.5, 0.6) is 0 Å². The SMILES string of the molecule is Cc1nc(CNC(=O)NCC(C)CC(=O)O)no1. The normalized spacial score (nSPS) is 11.9. The highest BCUT2D eigenvalue weighted by Crippen LogP contribution is 1.99. The number of nitrogens with zero attached hydrogens (tertiary/aromatic N) is 2. The third-order valence-corrected chi connectivity index (χ3v) is 2.11. The fraction of sp³-hybridized carbons (Fsp3) is 0.600. The smallest absolute Gasteiger partial charge is 0.315 e. The van der Waals surface area contributed by atoms with E-state index in [1.54, 1.807) is 13.8 Å². The van der Waals surface area contributed by atoms with E-state index in [9.17, 15) is 9.59 Å². The minimum atomic E-state index is -0.882. The Morgan fingerprint density at radius 2 is 2.17 bits per heavy atom.